The van der Waals surface area contributed by atoms with Crippen LogP contribution in [-0.4, -0.2) is 45.7 Å². The Bertz CT molecular complexity index is 2450. The summed E-state index contributed by atoms with van der Waals surface area (Å²) in [5.74, 6) is 0. The average Bonchev–Trinajstić information content (AvgIpc) is 4.06. The molecule has 0 aliphatic carbocycles. The molecule has 0 amide bonds. The summed E-state index contributed by atoms with van der Waals surface area (Å²) in [7, 11) is 0. The number of nitrogens with zero attached hydrogens (tertiary/aromatic N) is 8. The highest BCUT2D eigenvalue weighted by Crippen LogP contribution is 2.28. The smallest absolute Gasteiger partial charge is 0.0691 e. The van der Waals surface area contributed by atoms with Gasteiger partial charge in [-0.3, -0.25) is 0 Å². The topological polar surface area (TPSA) is 98.9 Å². The summed E-state index contributed by atoms with van der Waals surface area (Å²) in [5, 5.41) is 0. The van der Waals surface area contributed by atoms with Crippen molar-refractivity contribution in [2.24, 2.45) is 39.9 Å². The van der Waals surface area contributed by atoms with E-state index >= 15 is 0 Å². The van der Waals surface area contributed by atoms with Gasteiger partial charge < -0.3 is 0 Å². The maximum Gasteiger partial charge on any atom is 0.0691 e. The molecule has 0 unspecified atom stereocenters. The van der Waals surface area contributed by atoms with Gasteiger partial charge in [0.1, 0.15) is 0 Å². The quantitative estimate of drug-likeness (QED) is 0.220. The third kappa shape index (κ3) is 8.92. The molecule has 0 atom stereocenters. The predicted molar refractivity (Wildman–Crippen MR) is 243 cm³/mol. The second-order valence-electron chi connectivity index (χ2n) is 15.0. The van der Waals surface area contributed by atoms with Crippen LogP contribution in [0.25, 0.3) is 0 Å². The predicted octanol–water partition coefficient (Wildman–Crippen LogP) is 11.1. The molecule has 0 fully saturated rings. The fourth-order valence-electron chi connectivity index (χ4n) is 7.44. The van der Waals surface area contributed by atoms with Crippen LogP contribution in [0, 0.1) is 0 Å². The van der Waals surface area contributed by atoms with Gasteiger partial charge in [0.25, 0.3) is 0 Å². The molecule has 0 N–H and O–H groups in total. The molecular weight excluding hydrogens is 713 g/mol. The minimum absolute atomic E-state index is 0.901. The highest BCUT2D eigenvalue weighted by molar-refractivity contribution is 6.18. The Hall–Kier alpha value is -6.80. The van der Waals surface area contributed by atoms with Crippen molar-refractivity contribution in [3.8, 4) is 0 Å². The first-order valence-corrected chi connectivity index (χ1v) is 20.4. The summed E-state index contributed by atoms with van der Waals surface area (Å²) < 4.78 is 0. The minimum atomic E-state index is 0.901. The van der Waals surface area contributed by atoms with Gasteiger partial charge in [0.05, 0.1) is 91.3 Å². The van der Waals surface area contributed by atoms with E-state index in [0.29, 0.717) is 0 Å². The lowest BCUT2D eigenvalue weighted by atomic mass is 10.0. The molecule has 8 heteroatoms. The van der Waals surface area contributed by atoms with Gasteiger partial charge in [0.15, 0.2) is 0 Å². The van der Waals surface area contributed by atoms with E-state index in [0.717, 1.165) is 104 Å². The Labute approximate surface area is 340 Å². The Morgan fingerprint density at radius 1 is 0.276 bits per heavy atom. The summed E-state index contributed by atoms with van der Waals surface area (Å²) in [4.78, 5) is 37.9. The van der Waals surface area contributed by atoms with Gasteiger partial charge in [-0.1, -0.05) is 39.5 Å². The summed E-state index contributed by atoms with van der Waals surface area (Å²) >= 11 is 0. The normalized spacial score (nSPS) is 21.2. The Morgan fingerprint density at radius 2 is 0.552 bits per heavy atom. The molecule has 0 aromatic carbocycles. The van der Waals surface area contributed by atoms with Crippen LogP contribution in [0.4, 0.5) is 0 Å². The van der Waals surface area contributed by atoms with E-state index in [9.17, 15) is 0 Å². The molecule has 58 heavy (non-hydrogen) atoms. The van der Waals surface area contributed by atoms with Crippen LogP contribution in [0.15, 0.2) is 230 Å². The van der Waals surface area contributed by atoms with Crippen molar-refractivity contribution in [1.29, 1.82) is 0 Å². The van der Waals surface area contributed by atoms with E-state index in [4.69, 9.17) is 30.0 Å². The fraction of sp³-hybridized carbons (Fsp3) is 0.200. The number of unbranched alkanes of at least 4 members (excludes halogenated alkanes) is 4. The highest BCUT2D eigenvalue weighted by atomic mass is 14.9. The zero-order valence-corrected chi connectivity index (χ0v) is 32.9. The second-order valence-corrected chi connectivity index (χ2v) is 15.0. The van der Waals surface area contributed by atoms with Gasteiger partial charge in [-0.05, 0) is 171 Å². The number of aliphatic imine (C=N–C) groups is 8. The molecule has 0 spiro atoms. The van der Waals surface area contributed by atoms with E-state index in [1.54, 1.807) is 0 Å². The molecular formula is C50H44N8. The van der Waals surface area contributed by atoms with E-state index in [2.05, 4.69) is 48.1 Å². The maximum atomic E-state index is 4.87. The third-order valence-corrected chi connectivity index (χ3v) is 10.3. The molecule has 0 saturated carbocycles. The zero-order valence-electron chi connectivity index (χ0n) is 32.9. The van der Waals surface area contributed by atoms with Crippen molar-refractivity contribution in [1.82, 2.24) is 0 Å². The van der Waals surface area contributed by atoms with Crippen LogP contribution in [0.2, 0.25) is 0 Å². The number of fused-ring (bicyclic) bond motifs is 8. The number of hydrogen-bond donors (Lipinski definition) is 0. The van der Waals surface area contributed by atoms with E-state index in [1.165, 1.54) is 49.7 Å². The van der Waals surface area contributed by atoms with Crippen molar-refractivity contribution in [3.05, 3.63) is 190 Å². The monoisotopic (exact) mass is 756 g/mol. The van der Waals surface area contributed by atoms with E-state index < -0.39 is 0 Å². The molecule has 10 heterocycles. The van der Waals surface area contributed by atoms with Crippen molar-refractivity contribution in [3.63, 3.8) is 0 Å². The Kier molecular flexibility index (Phi) is 10.6. The van der Waals surface area contributed by atoms with Crippen LogP contribution >= 0.6 is 0 Å². The Morgan fingerprint density at radius 3 is 0.845 bits per heavy atom. The van der Waals surface area contributed by atoms with Gasteiger partial charge in [-0.15, -0.1) is 0 Å². The zero-order chi connectivity index (χ0) is 39.3. The van der Waals surface area contributed by atoms with Crippen LogP contribution in [0.5, 0.6) is 0 Å². The molecule has 10 rings (SSSR count). The molecule has 0 saturated heterocycles. The standard InChI is InChI=1S/2C25H22N4/c2*1-2-3-4-5-17-12-24-15-22-9-8-20(27-22)13-18-6-7-19(26-18)14-21-10-11-23(28-21)16-25(17)29-24/h2*6-16H,2-5H2,1H3. The van der Waals surface area contributed by atoms with Gasteiger partial charge in [-0.25, -0.2) is 39.9 Å². The number of hydrogen-bond acceptors (Lipinski definition) is 8. The number of allylic oxidation sites excluding steroid dienone is 24. The summed E-state index contributed by atoms with van der Waals surface area (Å²) in [5.41, 5.74) is 17.4. The van der Waals surface area contributed by atoms with Crippen LogP contribution < -0.4 is 0 Å². The van der Waals surface area contributed by atoms with Crippen LogP contribution in [-0.2, 0) is 0 Å². The first-order chi connectivity index (χ1) is 28.5. The summed E-state index contributed by atoms with van der Waals surface area (Å²) in [6.45, 7) is 4.46. The number of rotatable bonds is 8. The first-order valence-electron chi connectivity index (χ1n) is 20.4. The van der Waals surface area contributed by atoms with Crippen molar-refractivity contribution < 1.29 is 0 Å². The van der Waals surface area contributed by atoms with E-state index in [-0.39, 0.29) is 0 Å². The van der Waals surface area contributed by atoms with Gasteiger partial charge in [0, 0.05) is 0 Å². The fourth-order valence-corrected chi connectivity index (χ4v) is 7.44. The lowest BCUT2D eigenvalue weighted by Gasteiger charge is -2.02. The largest absolute Gasteiger partial charge is 0.249 e. The van der Waals surface area contributed by atoms with E-state index in [1.807, 2.05) is 109 Å². The van der Waals surface area contributed by atoms with Gasteiger partial charge >= 0.3 is 0 Å². The second kappa shape index (κ2) is 16.7. The van der Waals surface area contributed by atoms with Gasteiger partial charge in [-0.2, -0.15) is 0 Å². The molecule has 0 aromatic heterocycles. The lowest BCUT2D eigenvalue weighted by molar-refractivity contribution is 0.723. The molecule has 10 aliphatic rings. The maximum absolute atomic E-state index is 4.87. The van der Waals surface area contributed by atoms with Crippen molar-refractivity contribution in [2.75, 3.05) is 0 Å². The van der Waals surface area contributed by atoms with Crippen molar-refractivity contribution in [2.45, 2.75) is 65.2 Å². The first kappa shape index (κ1) is 36.8. The average molecular weight is 757 g/mol. The summed E-state index contributed by atoms with van der Waals surface area (Å²) in [6.07, 6.45) is 54.2. The molecule has 8 nitrogen and oxygen atoms in total. The van der Waals surface area contributed by atoms with Gasteiger partial charge in [0.2, 0.25) is 0 Å². The van der Waals surface area contributed by atoms with Crippen molar-refractivity contribution >= 4 is 45.7 Å². The molecule has 16 bridgehead atoms. The summed E-state index contributed by atoms with van der Waals surface area (Å²) in [6, 6.07) is 0. The van der Waals surface area contributed by atoms with Crippen LogP contribution in [0.3, 0.4) is 0 Å². The third-order valence-electron chi connectivity index (χ3n) is 10.3. The highest BCUT2D eigenvalue weighted by Gasteiger charge is 2.19. The SMILES string of the molecule is CCCCCC1=CC2=CC3=NC(=CC4=NC(=CC5=NC(=CC1=N2)C=C5)C=C4)C=C3.CCCCCC1=CC2=CC3=NC(=CC4=NC(=CC5=NC(=CC1=N2)C=C5)C=C4)C=C3. The molecule has 0 aromatic rings. The minimum Gasteiger partial charge on any atom is -0.249 e. The lowest BCUT2D eigenvalue weighted by Crippen LogP contribution is -1.97. The molecule has 284 valence electrons. The molecule has 0 radical (unpaired) electrons. The Balaban J connectivity index is 0.000000150. The van der Waals surface area contributed by atoms with Crippen LogP contribution in [0.1, 0.15) is 65.2 Å². The molecule has 10 aliphatic heterocycles.